The lowest BCUT2D eigenvalue weighted by Crippen LogP contribution is -2.18. The van der Waals surface area contributed by atoms with E-state index in [0.29, 0.717) is 0 Å². The van der Waals surface area contributed by atoms with Crippen molar-refractivity contribution < 1.29 is 14.5 Å². The van der Waals surface area contributed by atoms with E-state index >= 15 is 0 Å². The summed E-state index contributed by atoms with van der Waals surface area (Å²) in [4.78, 5) is 33.1. The van der Waals surface area contributed by atoms with Crippen LogP contribution >= 0.6 is 11.6 Å². The van der Waals surface area contributed by atoms with Gasteiger partial charge in [0.05, 0.1) is 10.5 Å². The molecule has 8 heteroatoms. The summed E-state index contributed by atoms with van der Waals surface area (Å²) in [5.74, 6) is -0.625. The van der Waals surface area contributed by atoms with Crippen LogP contribution in [-0.4, -0.2) is 15.5 Å². The smallest absolute Gasteiger partial charge is 0.345 e. The number of benzene rings is 1. The molecule has 2 rings (SSSR count). The van der Waals surface area contributed by atoms with Gasteiger partial charge in [-0.2, -0.15) is 0 Å². The van der Waals surface area contributed by atoms with Crippen molar-refractivity contribution in [3.05, 3.63) is 67.6 Å². The van der Waals surface area contributed by atoms with Crippen molar-refractivity contribution >= 4 is 23.3 Å². The largest absolute Gasteiger partial charge is 0.423 e. The van der Waals surface area contributed by atoms with Gasteiger partial charge in [-0.05, 0) is 12.1 Å². The average molecular weight is 309 g/mol. The lowest BCUT2D eigenvalue weighted by molar-refractivity contribution is -0.384. The van der Waals surface area contributed by atoms with Crippen LogP contribution in [0.2, 0.25) is 5.02 Å². The standard InChI is InChI=1S/C13H9ClN2O5/c1-15-7-8(2-5-12(15)17)13(18)21-9-3-4-11(16(19)20)10(14)6-9/h2-7H,1H3. The highest BCUT2D eigenvalue weighted by Crippen LogP contribution is 2.28. The summed E-state index contributed by atoms with van der Waals surface area (Å²) in [6.45, 7) is 0. The third kappa shape index (κ3) is 3.26. The van der Waals surface area contributed by atoms with Gasteiger partial charge >= 0.3 is 5.97 Å². The maximum absolute atomic E-state index is 11.9. The molecule has 0 saturated carbocycles. The van der Waals surface area contributed by atoms with Crippen LogP contribution in [0.5, 0.6) is 5.75 Å². The first kappa shape index (κ1) is 14.7. The minimum absolute atomic E-state index is 0.0736. The molecule has 1 heterocycles. The molecular weight excluding hydrogens is 300 g/mol. The highest BCUT2D eigenvalue weighted by molar-refractivity contribution is 6.32. The zero-order valence-corrected chi connectivity index (χ0v) is 11.5. The molecule has 0 aliphatic rings. The van der Waals surface area contributed by atoms with E-state index in [1.165, 1.54) is 42.1 Å². The third-order valence-electron chi connectivity index (χ3n) is 2.65. The van der Waals surface area contributed by atoms with Gasteiger partial charge in [0.25, 0.3) is 5.69 Å². The van der Waals surface area contributed by atoms with Crippen molar-refractivity contribution in [2.75, 3.05) is 0 Å². The maximum atomic E-state index is 11.9. The molecule has 0 radical (unpaired) electrons. The van der Waals surface area contributed by atoms with Crippen LogP contribution in [0.15, 0.2) is 41.3 Å². The summed E-state index contributed by atoms with van der Waals surface area (Å²) in [5, 5.41) is 10.5. The molecule has 0 unspecified atom stereocenters. The molecule has 0 atom stereocenters. The van der Waals surface area contributed by atoms with Gasteiger partial charge in [0.1, 0.15) is 10.8 Å². The van der Waals surface area contributed by atoms with Gasteiger partial charge in [-0.3, -0.25) is 14.9 Å². The number of nitrogens with zero attached hydrogens (tertiary/aromatic N) is 2. The molecule has 7 nitrogen and oxygen atoms in total. The first-order chi connectivity index (χ1) is 9.88. The number of aryl methyl sites for hydroxylation is 1. The molecule has 0 spiro atoms. The number of esters is 1. The van der Waals surface area contributed by atoms with Crippen LogP contribution in [0, 0.1) is 10.1 Å². The number of rotatable bonds is 3. The van der Waals surface area contributed by atoms with Crippen molar-refractivity contribution in [2.24, 2.45) is 7.05 Å². The number of carbonyl (C=O) groups is 1. The van der Waals surface area contributed by atoms with Crippen LogP contribution in [0.4, 0.5) is 5.69 Å². The SMILES string of the molecule is Cn1cc(C(=O)Oc2ccc([N+](=O)[O-])c(Cl)c2)ccc1=O. The molecule has 0 aliphatic heterocycles. The number of nitro groups is 1. The minimum Gasteiger partial charge on any atom is -0.423 e. The third-order valence-corrected chi connectivity index (χ3v) is 2.95. The van der Waals surface area contributed by atoms with Crippen molar-refractivity contribution in [1.29, 1.82) is 0 Å². The fourth-order valence-corrected chi connectivity index (χ4v) is 1.82. The Morgan fingerprint density at radius 2 is 2.05 bits per heavy atom. The Balaban J connectivity index is 2.23. The van der Waals surface area contributed by atoms with E-state index in [2.05, 4.69) is 0 Å². The second kappa shape index (κ2) is 5.76. The Labute approximate surface area is 123 Å². The number of halogens is 1. The number of hydrogen-bond acceptors (Lipinski definition) is 5. The molecule has 0 aliphatic carbocycles. The molecule has 0 N–H and O–H groups in total. The van der Waals surface area contributed by atoms with Crippen LogP contribution in [0.1, 0.15) is 10.4 Å². The van der Waals surface area contributed by atoms with Gasteiger partial charge in [0.15, 0.2) is 0 Å². The molecule has 0 saturated heterocycles. The van der Waals surface area contributed by atoms with E-state index in [0.717, 1.165) is 6.07 Å². The molecular formula is C13H9ClN2O5. The molecule has 0 bridgehead atoms. The number of hydrogen-bond donors (Lipinski definition) is 0. The Morgan fingerprint density at radius 3 is 2.62 bits per heavy atom. The van der Waals surface area contributed by atoms with Crippen molar-refractivity contribution in [1.82, 2.24) is 4.57 Å². The van der Waals surface area contributed by atoms with E-state index in [9.17, 15) is 19.7 Å². The molecule has 21 heavy (non-hydrogen) atoms. The number of aromatic nitrogens is 1. The second-order valence-corrected chi connectivity index (χ2v) is 4.53. The van der Waals surface area contributed by atoms with Gasteiger partial charge in [0, 0.05) is 31.4 Å². The summed E-state index contributed by atoms with van der Waals surface area (Å²) in [7, 11) is 1.50. The van der Waals surface area contributed by atoms with E-state index in [1.54, 1.807) is 0 Å². The fraction of sp³-hybridized carbons (Fsp3) is 0.0769. The first-order valence-electron chi connectivity index (χ1n) is 5.71. The predicted molar refractivity (Wildman–Crippen MR) is 74.7 cm³/mol. The highest BCUT2D eigenvalue weighted by atomic mass is 35.5. The van der Waals surface area contributed by atoms with Crippen LogP contribution < -0.4 is 10.3 Å². The number of carbonyl (C=O) groups excluding carboxylic acids is 1. The lowest BCUT2D eigenvalue weighted by atomic mass is 10.2. The minimum atomic E-state index is -0.699. The number of pyridine rings is 1. The average Bonchev–Trinajstić information content (AvgIpc) is 2.41. The summed E-state index contributed by atoms with van der Waals surface area (Å²) in [6.07, 6.45) is 1.33. The first-order valence-corrected chi connectivity index (χ1v) is 6.09. The van der Waals surface area contributed by atoms with Gasteiger partial charge in [-0.25, -0.2) is 4.79 Å². The summed E-state index contributed by atoms with van der Waals surface area (Å²) < 4.78 is 6.29. The number of nitro benzene ring substituents is 1. The summed E-state index contributed by atoms with van der Waals surface area (Å²) in [6, 6.07) is 6.16. The highest BCUT2D eigenvalue weighted by Gasteiger charge is 2.15. The van der Waals surface area contributed by atoms with Gasteiger partial charge in [-0.1, -0.05) is 11.6 Å². The monoisotopic (exact) mass is 308 g/mol. The van der Waals surface area contributed by atoms with Crippen molar-refractivity contribution in [2.45, 2.75) is 0 Å². The van der Waals surface area contributed by atoms with Gasteiger partial charge in [-0.15, -0.1) is 0 Å². The summed E-state index contributed by atoms with van der Waals surface area (Å²) >= 11 is 5.72. The van der Waals surface area contributed by atoms with E-state index in [1.807, 2.05) is 0 Å². The Morgan fingerprint density at radius 1 is 1.33 bits per heavy atom. The number of ether oxygens (including phenoxy) is 1. The zero-order valence-electron chi connectivity index (χ0n) is 10.8. The molecule has 108 valence electrons. The fourth-order valence-electron chi connectivity index (χ4n) is 1.58. The lowest BCUT2D eigenvalue weighted by Gasteiger charge is -2.06. The Kier molecular flexibility index (Phi) is 4.04. The quantitative estimate of drug-likeness (QED) is 0.375. The second-order valence-electron chi connectivity index (χ2n) is 4.13. The Hall–Kier alpha value is -2.67. The predicted octanol–water partition coefficient (Wildman–Crippen LogP) is 2.17. The Bertz CT molecular complexity index is 784. The van der Waals surface area contributed by atoms with Crippen molar-refractivity contribution in [3.63, 3.8) is 0 Å². The van der Waals surface area contributed by atoms with Gasteiger partial charge in [0.2, 0.25) is 5.56 Å². The van der Waals surface area contributed by atoms with Crippen LogP contribution in [0.3, 0.4) is 0 Å². The van der Waals surface area contributed by atoms with E-state index in [-0.39, 0.29) is 27.6 Å². The molecule has 0 amide bonds. The van der Waals surface area contributed by atoms with Crippen LogP contribution in [0.25, 0.3) is 0 Å². The molecule has 0 fully saturated rings. The normalized spacial score (nSPS) is 10.2. The zero-order chi connectivity index (χ0) is 15.6. The van der Waals surface area contributed by atoms with Crippen molar-refractivity contribution in [3.8, 4) is 5.75 Å². The van der Waals surface area contributed by atoms with E-state index in [4.69, 9.17) is 16.3 Å². The summed E-state index contributed by atoms with van der Waals surface area (Å²) in [5.41, 5.74) is -0.366. The van der Waals surface area contributed by atoms with Crippen LogP contribution in [-0.2, 0) is 7.05 Å². The van der Waals surface area contributed by atoms with Gasteiger partial charge < -0.3 is 9.30 Å². The topological polar surface area (TPSA) is 91.4 Å². The molecule has 1 aromatic carbocycles. The molecule has 1 aromatic heterocycles. The molecule has 2 aromatic rings. The maximum Gasteiger partial charge on any atom is 0.345 e. The van der Waals surface area contributed by atoms with E-state index < -0.39 is 10.9 Å².